The Morgan fingerprint density at radius 3 is 2.61 bits per heavy atom. The number of halogens is 1. The van der Waals surface area contributed by atoms with Crippen LogP contribution >= 0.6 is 15.9 Å². The summed E-state index contributed by atoms with van der Waals surface area (Å²) in [5, 5.41) is 4.43. The second-order valence-corrected chi connectivity index (χ2v) is 4.89. The molecule has 7 heteroatoms. The van der Waals surface area contributed by atoms with E-state index in [0.717, 1.165) is 21.6 Å². The first-order valence-corrected chi connectivity index (χ1v) is 6.31. The SMILES string of the molecule is Cc1cc(NN)nc(Cn2nc(C)c(Br)c2C)n1. The van der Waals surface area contributed by atoms with Crippen LogP contribution in [-0.4, -0.2) is 19.7 Å². The Kier molecular flexibility index (Phi) is 3.63. The summed E-state index contributed by atoms with van der Waals surface area (Å²) in [6.45, 7) is 6.39. The Morgan fingerprint density at radius 2 is 2.06 bits per heavy atom. The van der Waals surface area contributed by atoms with E-state index in [1.165, 1.54) is 0 Å². The molecule has 0 radical (unpaired) electrons. The molecule has 0 fully saturated rings. The predicted molar refractivity (Wildman–Crippen MR) is 73.1 cm³/mol. The lowest BCUT2D eigenvalue weighted by Gasteiger charge is -2.06. The summed E-state index contributed by atoms with van der Waals surface area (Å²) < 4.78 is 2.89. The molecular formula is C11H15BrN6. The van der Waals surface area contributed by atoms with Gasteiger partial charge in [0.15, 0.2) is 5.82 Å². The van der Waals surface area contributed by atoms with Crippen LogP contribution in [0.25, 0.3) is 0 Å². The van der Waals surface area contributed by atoms with Crippen LogP contribution in [0.15, 0.2) is 10.5 Å². The summed E-state index contributed by atoms with van der Waals surface area (Å²) >= 11 is 3.50. The number of nitrogen functional groups attached to an aromatic ring is 1. The molecule has 0 aliphatic heterocycles. The highest BCUT2D eigenvalue weighted by molar-refractivity contribution is 9.10. The fraction of sp³-hybridized carbons (Fsp3) is 0.364. The fourth-order valence-electron chi connectivity index (χ4n) is 1.74. The molecule has 0 saturated heterocycles. The third kappa shape index (κ3) is 2.51. The lowest BCUT2D eigenvalue weighted by atomic mass is 10.4. The molecule has 3 N–H and O–H groups in total. The van der Waals surface area contributed by atoms with Gasteiger partial charge in [-0.05, 0) is 36.7 Å². The third-order valence-electron chi connectivity index (χ3n) is 2.63. The Bertz CT molecular complexity index is 577. The molecule has 2 rings (SSSR count). The molecule has 18 heavy (non-hydrogen) atoms. The number of hydrogen-bond donors (Lipinski definition) is 2. The fourth-order valence-corrected chi connectivity index (χ4v) is 2.02. The average Bonchev–Trinajstić information content (AvgIpc) is 2.56. The zero-order valence-corrected chi connectivity index (χ0v) is 12.1. The van der Waals surface area contributed by atoms with Crippen LogP contribution in [0.1, 0.15) is 22.9 Å². The lowest BCUT2D eigenvalue weighted by molar-refractivity contribution is 0.630. The lowest BCUT2D eigenvalue weighted by Crippen LogP contribution is -2.13. The summed E-state index contributed by atoms with van der Waals surface area (Å²) in [4.78, 5) is 8.68. The van der Waals surface area contributed by atoms with Crippen molar-refractivity contribution < 1.29 is 0 Å². The predicted octanol–water partition coefficient (Wildman–Crippen LogP) is 1.69. The maximum Gasteiger partial charge on any atom is 0.152 e. The molecule has 0 bridgehead atoms. The summed E-state index contributed by atoms with van der Waals surface area (Å²) in [6, 6.07) is 1.79. The number of hydrazine groups is 1. The van der Waals surface area contributed by atoms with Gasteiger partial charge in [-0.1, -0.05) is 0 Å². The number of rotatable bonds is 3. The van der Waals surface area contributed by atoms with Crippen molar-refractivity contribution in [2.75, 3.05) is 5.43 Å². The van der Waals surface area contributed by atoms with Crippen LogP contribution < -0.4 is 11.3 Å². The Labute approximate surface area is 114 Å². The zero-order chi connectivity index (χ0) is 13.3. The van der Waals surface area contributed by atoms with E-state index in [1.807, 2.05) is 25.5 Å². The highest BCUT2D eigenvalue weighted by Gasteiger charge is 2.10. The van der Waals surface area contributed by atoms with Crippen LogP contribution in [-0.2, 0) is 6.54 Å². The zero-order valence-electron chi connectivity index (χ0n) is 10.5. The largest absolute Gasteiger partial charge is 0.308 e. The molecule has 6 nitrogen and oxygen atoms in total. The molecule has 96 valence electrons. The van der Waals surface area contributed by atoms with Gasteiger partial charge in [0, 0.05) is 11.8 Å². The molecule has 2 aromatic heterocycles. The van der Waals surface area contributed by atoms with Crippen LogP contribution in [0.3, 0.4) is 0 Å². The van der Waals surface area contributed by atoms with Gasteiger partial charge >= 0.3 is 0 Å². The van der Waals surface area contributed by atoms with Crippen molar-refractivity contribution >= 4 is 21.7 Å². The number of nitrogens with one attached hydrogen (secondary N) is 1. The van der Waals surface area contributed by atoms with Gasteiger partial charge in [-0.15, -0.1) is 0 Å². The van der Waals surface area contributed by atoms with Gasteiger partial charge in [0.2, 0.25) is 0 Å². The number of hydrogen-bond acceptors (Lipinski definition) is 5. The quantitative estimate of drug-likeness (QED) is 0.666. The molecule has 0 amide bonds. The van der Waals surface area contributed by atoms with Crippen molar-refractivity contribution in [3.8, 4) is 0 Å². The number of aryl methyl sites for hydroxylation is 2. The highest BCUT2D eigenvalue weighted by Crippen LogP contribution is 2.20. The van der Waals surface area contributed by atoms with Crippen LogP contribution in [0.4, 0.5) is 5.82 Å². The van der Waals surface area contributed by atoms with E-state index in [2.05, 4.69) is 36.4 Å². The van der Waals surface area contributed by atoms with E-state index in [9.17, 15) is 0 Å². The molecule has 0 aliphatic rings. The van der Waals surface area contributed by atoms with Crippen molar-refractivity contribution in [2.45, 2.75) is 27.3 Å². The third-order valence-corrected chi connectivity index (χ3v) is 3.78. The van der Waals surface area contributed by atoms with Gasteiger partial charge in [0.1, 0.15) is 12.4 Å². The van der Waals surface area contributed by atoms with E-state index in [-0.39, 0.29) is 0 Å². The minimum Gasteiger partial charge on any atom is -0.308 e. The Hall–Kier alpha value is -1.47. The molecule has 0 atom stereocenters. The van der Waals surface area contributed by atoms with Crippen molar-refractivity contribution in [1.29, 1.82) is 0 Å². The standard InChI is InChI=1S/C11H15BrN6/c1-6-4-9(16-13)15-10(14-6)5-18-8(3)11(12)7(2)17-18/h4H,5,13H2,1-3H3,(H,14,15,16). The Balaban J connectivity index is 2.33. The van der Waals surface area contributed by atoms with Crippen molar-refractivity contribution in [3.05, 3.63) is 33.4 Å². The molecular weight excluding hydrogens is 296 g/mol. The van der Waals surface area contributed by atoms with E-state index < -0.39 is 0 Å². The minimum atomic E-state index is 0.522. The molecule has 2 aromatic rings. The smallest absolute Gasteiger partial charge is 0.152 e. The summed E-state index contributed by atoms with van der Waals surface area (Å²) in [5.41, 5.74) is 5.42. The normalized spacial score (nSPS) is 10.7. The highest BCUT2D eigenvalue weighted by atomic mass is 79.9. The first kappa shape index (κ1) is 13.0. The minimum absolute atomic E-state index is 0.522. The molecule has 0 aromatic carbocycles. The number of nitrogens with zero attached hydrogens (tertiary/aromatic N) is 4. The summed E-state index contributed by atoms with van der Waals surface area (Å²) in [6.07, 6.45) is 0. The van der Waals surface area contributed by atoms with E-state index >= 15 is 0 Å². The molecule has 0 unspecified atom stereocenters. The number of nitrogens with two attached hydrogens (primary N) is 1. The van der Waals surface area contributed by atoms with Gasteiger partial charge < -0.3 is 5.43 Å². The van der Waals surface area contributed by atoms with E-state index in [0.29, 0.717) is 18.2 Å². The van der Waals surface area contributed by atoms with Crippen LogP contribution in [0.2, 0.25) is 0 Å². The maximum absolute atomic E-state index is 5.37. The summed E-state index contributed by atoms with van der Waals surface area (Å²) in [7, 11) is 0. The topological polar surface area (TPSA) is 81.6 Å². The van der Waals surface area contributed by atoms with Gasteiger partial charge in [0.25, 0.3) is 0 Å². The first-order valence-electron chi connectivity index (χ1n) is 5.52. The van der Waals surface area contributed by atoms with Gasteiger partial charge in [0.05, 0.1) is 15.9 Å². The van der Waals surface area contributed by atoms with E-state index in [1.54, 1.807) is 6.07 Å². The van der Waals surface area contributed by atoms with Crippen molar-refractivity contribution in [3.63, 3.8) is 0 Å². The van der Waals surface area contributed by atoms with Crippen LogP contribution in [0, 0.1) is 20.8 Å². The molecule has 0 saturated carbocycles. The van der Waals surface area contributed by atoms with E-state index in [4.69, 9.17) is 5.84 Å². The second kappa shape index (κ2) is 5.03. The molecule has 2 heterocycles. The molecule has 0 aliphatic carbocycles. The molecule has 0 spiro atoms. The maximum atomic E-state index is 5.37. The van der Waals surface area contributed by atoms with Crippen LogP contribution in [0.5, 0.6) is 0 Å². The summed E-state index contributed by atoms with van der Waals surface area (Å²) in [5.74, 6) is 6.66. The van der Waals surface area contributed by atoms with Gasteiger partial charge in [-0.2, -0.15) is 5.10 Å². The monoisotopic (exact) mass is 310 g/mol. The number of aromatic nitrogens is 4. The van der Waals surface area contributed by atoms with Gasteiger partial charge in [-0.3, -0.25) is 4.68 Å². The second-order valence-electron chi connectivity index (χ2n) is 4.10. The first-order chi connectivity index (χ1) is 8.51. The number of anilines is 1. The Morgan fingerprint density at radius 1 is 1.33 bits per heavy atom. The van der Waals surface area contributed by atoms with Crippen molar-refractivity contribution in [2.24, 2.45) is 5.84 Å². The van der Waals surface area contributed by atoms with Crippen molar-refractivity contribution in [1.82, 2.24) is 19.7 Å². The average molecular weight is 311 g/mol. The van der Waals surface area contributed by atoms with Gasteiger partial charge in [-0.25, -0.2) is 15.8 Å².